The van der Waals surface area contributed by atoms with Crippen molar-refractivity contribution in [2.75, 3.05) is 7.11 Å². The van der Waals surface area contributed by atoms with E-state index in [-0.39, 0.29) is 12.6 Å². The lowest BCUT2D eigenvalue weighted by Crippen LogP contribution is -2.17. The van der Waals surface area contributed by atoms with Gasteiger partial charge in [-0.05, 0) is 36.3 Å². The molecule has 2 aromatic rings. The van der Waals surface area contributed by atoms with Crippen molar-refractivity contribution in [1.82, 2.24) is 20.2 Å². The van der Waals surface area contributed by atoms with Gasteiger partial charge in [0.1, 0.15) is 0 Å². The number of ether oxygens (including phenoxy) is 2. The van der Waals surface area contributed by atoms with Crippen LogP contribution in [-0.4, -0.2) is 33.4 Å². The normalized spacial score (nSPS) is 12.2. The highest BCUT2D eigenvalue weighted by Gasteiger charge is 2.09. The zero-order valence-electron chi connectivity index (χ0n) is 11.9. The molecule has 0 fully saturated rings. The Balaban J connectivity index is 2.11. The topological polar surface area (TPSA) is 88.1 Å². The minimum absolute atomic E-state index is 0.0953. The zero-order chi connectivity index (χ0) is 14.5. The molecule has 1 aromatic carbocycles. The third kappa shape index (κ3) is 3.67. The van der Waals surface area contributed by atoms with E-state index in [9.17, 15) is 0 Å². The minimum atomic E-state index is 0.0953. The summed E-state index contributed by atoms with van der Waals surface area (Å²) in [4.78, 5) is 1.39. The monoisotopic (exact) mass is 277 g/mol. The SMILES string of the molecule is COc1ccc(CC(C)N)cc1OCc1nnn(C)n1. The number of aryl methyl sites for hydroxylation is 1. The van der Waals surface area contributed by atoms with Gasteiger partial charge < -0.3 is 15.2 Å². The van der Waals surface area contributed by atoms with Crippen LogP contribution in [0.3, 0.4) is 0 Å². The van der Waals surface area contributed by atoms with Crippen LogP contribution >= 0.6 is 0 Å². The smallest absolute Gasteiger partial charge is 0.212 e. The first-order valence-electron chi connectivity index (χ1n) is 6.36. The molecular formula is C13H19N5O2. The third-order valence-corrected chi connectivity index (χ3v) is 2.69. The number of nitrogens with zero attached hydrogens (tertiary/aromatic N) is 4. The van der Waals surface area contributed by atoms with Crippen LogP contribution in [0, 0.1) is 0 Å². The Morgan fingerprint density at radius 1 is 1.35 bits per heavy atom. The molecule has 0 aliphatic heterocycles. The van der Waals surface area contributed by atoms with Gasteiger partial charge in [-0.15, -0.1) is 10.2 Å². The first-order chi connectivity index (χ1) is 9.58. The molecule has 0 radical (unpaired) electrons. The molecule has 1 unspecified atom stereocenters. The largest absolute Gasteiger partial charge is 0.493 e. The molecule has 0 bridgehead atoms. The maximum Gasteiger partial charge on any atom is 0.212 e. The first kappa shape index (κ1) is 14.3. The van der Waals surface area contributed by atoms with E-state index in [1.54, 1.807) is 14.2 Å². The first-order valence-corrected chi connectivity index (χ1v) is 6.36. The lowest BCUT2D eigenvalue weighted by atomic mass is 10.1. The van der Waals surface area contributed by atoms with Crippen molar-refractivity contribution in [3.05, 3.63) is 29.6 Å². The quantitative estimate of drug-likeness (QED) is 0.835. The Morgan fingerprint density at radius 3 is 2.75 bits per heavy atom. The van der Waals surface area contributed by atoms with E-state index in [0.29, 0.717) is 17.3 Å². The van der Waals surface area contributed by atoms with Crippen LogP contribution in [-0.2, 0) is 20.1 Å². The van der Waals surface area contributed by atoms with Gasteiger partial charge in [0, 0.05) is 6.04 Å². The van der Waals surface area contributed by atoms with Crippen molar-refractivity contribution in [2.45, 2.75) is 26.0 Å². The number of tetrazole rings is 1. The average molecular weight is 277 g/mol. The summed E-state index contributed by atoms with van der Waals surface area (Å²) >= 11 is 0. The van der Waals surface area contributed by atoms with Gasteiger partial charge >= 0.3 is 0 Å². The van der Waals surface area contributed by atoms with E-state index in [1.165, 1.54) is 4.80 Å². The molecule has 1 heterocycles. The van der Waals surface area contributed by atoms with Crippen molar-refractivity contribution in [1.29, 1.82) is 0 Å². The fourth-order valence-electron chi connectivity index (χ4n) is 1.86. The number of rotatable bonds is 6. The number of hydrogen-bond acceptors (Lipinski definition) is 6. The van der Waals surface area contributed by atoms with Crippen LogP contribution in [0.2, 0.25) is 0 Å². The molecule has 0 saturated heterocycles. The maximum absolute atomic E-state index is 5.81. The average Bonchev–Trinajstić information content (AvgIpc) is 2.82. The molecule has 108 valence electrons. The lowest BCUT2D eigenvalue weighted by Gasteiger charge is -2.12. The van der Waals surface area contributed by atoms with Crippen LogP contribution in [0.25, 0.3) is 0 Å². The summed E-state index contributed by atoms with van der Waals surface area (Å²) in [5, 5.41) is 11.7. The van der Waals surface area contributed by atoms with Crippen molar-refractivity contribution >= 4 is 0 Å². The van der Waals surface area contributed by atoms with Gasteiger partial charge in [-0.3, -0.25) is 0 Å². The van der Waals surface area contributed by atoms with E-state index in [0.717, 1.165) is 12.0 Å². The summed E-state index contributed by atoms with van der Waals surface area (Å²) < 4.78 is 11.0. The Labute approximate surface area is 117 Å². The van der Waals surface area contributed by atoms with Crippen LogP contribution in [0.4, 0.5) is 0 Å². The predicted molar refractivity (Wildman–Crippen MR) is 73.5 cm³/mol. The Bertz CT molecular complexity index is 568. The van der Waals surface area contributed by atoms with Crippen molar-refractivity contribution < 1.29 is 9.47 Å². The van der Waals surface area contributed by atoms with E-state index < -0.39 is 0 Å². The highest BCUT2D eigenvalue weighted by atomic mass is 16.5. The Hall–Kier alpha value is -2.15. The molecule has 0 amide bonds. The fourth-order valence-corrected chi connectivity index (χ4v) is 1.86. The highest BCUT2D eigenvalue weighted by molar-refractivity contribution is 5.43. The van der Waals surface area contributed by atoms with Gasteiger partial charge in [-0.2, -0.15) is 4.80 Å². The molecule has 2 N–H and O–H groups in total. The van der Waals surface area contributed by atoms with Crippen molar-refractivity contribution in [3.8, 4) is 11.5 Å². The van der Waals surface area contributed by atoms with Gasteiger partial charge in [0.15, 0.2) is 18.1 Å². The number of hydrogen-bond donors (Lipinski definition) is 1. The second-order valence-corrected chi connectivity index (χ2v) is 4.65. The molecule has 1 aromatic heterocycles. The van der Waals surface area contributed by atoms with Crippen LogP contribution in [0.5, 0.6) is 11.5 Å². The summed E-state index contributed by atoms with van der Waals surface area (Å²) in [6, 6.07) is 5.88. The standard InChI is InChI=1S/C13H19N5O2/c1-9(14)6-10-4-5-11(19-3)12(7-10)20-8-13-15-17-18(2)16-13/h4-5,7,9H,6,8,14H2,1-3H3. The molecule has 20 heavy (non-hydrogen) atoms. The molecule has 0 aliphatic rings. The molecule has 0 spiro atoms. The van der Waals surface area contributed by atoms with Gasteiger partial charge in [-0.25, -0.2) is 0 Å². The number of benzene rings is 1. The van der Waals surface area contributed by atoms with E-state index in [2.05, 4.69) is 15.4 Å². The van der Waals surface area contributed by atoms with Gasteiger partial charge in [0.2, 0.25) is 5.82 Å². The summed E-state index contributed by atoms with van der Waals surface area (Å²) in [6.45, 7) is 2.21. The number of methoxy groups -OCH3 is 1. The summed E-state index contributed by atoms with van der Waals surface area (Å²) in [6.07, 6.45) is 0.781. The lowest BCUT2D eigenvalue weighted by molar-refractivity contribution is 0.275. The van der Waals surface area contributed by atoms with E-state index in [4.69, 9.17) is 15.2 Å². The molecule has 0 saturated carbocycles. The van der Waals surface area contributed by atoms with Gasteiger partial charge in [0.25, 0.3) is 0 Å². The summed E-state index contributed by atoms with van der Waals surface area (Å²) in [5.74, 6) is 1.84. The summed E-state index contributed by atoms with van der Waals surface area (Å²) in [5.41, 5.74) is 6.91. The van der Waals surface area contributed by atoms with Crippen molar-refractivity contribution in [3.63, 3.8) is 0 Å². The molecule has 7 nitrogen and oxygen atoms in total. The Morgan fingerprint density at radius 2 is 2.15 bits per heavy atom. The second-order valence-electron chi connectivity index (χ2n) is 4.65. The molecule has 0 aliphatic carbocycles. The van der Waals surface area contributed by atoms with Crippen LogP contribution < -0.4 is 15.2 Å². The van der Waals surface area contributed by atoms with Gasteiger partial charge in [0.05, 0.1) is 14.2 Å². The predicted octanol–water partition coefficient (Wildman–Crippen LogP) is 0.687. The van der Waals surface area contributed by atoms with Crippen molar-refractivity contribution in [2.24, 2.45) is 12.8 Å². The van der Waals surface area contributed by atoms with E-state index in [1.807, 2.05) is 25.1 Å². The van der Waals surface area contributed by atoms with Gasteiger partial charge in [-0.1, -0.05) is 6.07 Å². The number of aromatic nitrogens is 4. The highest BCUT2D eigenvalue weighted by Crippen LogP contribution is 2.29. The molecule has 1 atom stereocenters. The third-order valence-electron chi connectivity index (χ3n) is 2.69. The molecule has 7 heteroatoms. The molecule has 2 rings (SSSR count). The van der Waals surface area contributed by atoms with Crippen LogP contribution in [0.15, 0.2) is 18.2 Å². The summed E-state index contributed by atoms with van der Waals surface area (Å²) in [7, 11) is 3.31. The van der Waals surface area contributed by atoms with Crippen LogP contribution in [0.1, 0.15) is 18.3 Å². The van der Waals surface area contributed by atoms with E-state index >= 15 is 0 Å². The maximum atomic E-state index is 5.81. The number of nitrogens with two attached hydrogens (primary N) is 1. The minimum Gasteiger partial charge on any atom is -0.493 e. The fraction of sp³-hybridized carbons (Fsp3) is 0.462. The second kappa shape index (κ2) is 6.33. The molecular weight excluding hydrogens is 258 g/mol. The zero-order valence-corrected chi connectivity index (χ0v) is 11.9. The Kier molecular flexibility index (Phi) is 4.52.